The smallest absolute Gasteiger partial charge is 0.389 e. The van der Waals surface area contributed by atoms with Gasteiger partial charge in [0, 0.05) is 12.5 Å². The van der Waals surface area contributed by atoms with Crippen molar-refractivity contribution in [2.75, 3.05) is 19.9 Å². The van der Waals surface area contributed by atoms with Gasteiger partial charge in [0.25, 0.3) is 0 Å². The van der Waals surface area contributed by atoms with Gasteiger partial charge in [0.2, 0.25) is 0 Å². The number of ether oxygens (including phenoxy) is 2. The number of rotatable bonds is 7. The molecule has 0 atom stereocenters. The molecule has 0 saturated carbocycles. The van der Waals surface area contributed by atoms with Crippen molar-refractivity contribution in [1.82, 2.24) is 0 Å². The number of hydrogen-bond donors (Lipinski definition) is 0. The maximum atomic E-state index is 13.0. The predicted octanol–water partition coefficient (Wildman–Crippen LogP) is 3.67. The van der Waals surface area contributed by atoms with Crippen LogP contribution in [0, 0.1) is 5.82 Å². The minimum absolute atomic E-state index is 0.170. The highest BCUT2D eigenvalue weighted by atomic mass is 19.4. The molecule has 0 N–H and O–H groups in total. The third-order valence-electron chi connectivity index (χ3n) is 2.34. The quantitative estimate of drug-likeness (QED) is 0.438. The first kappa shape index (κ1) is 17.2. The van der Waals surface area contributed by atoms with Gasteiger partial charge in [-0.25, -0.2) is 13.6 Å². The Morgan fingerprint density at radius 2 is 1.90 bits per heavy atom. The molecule has 1 aromatic rings. The Kier molecular flexibility index (Phi) is 6.39. The van der Waals surface area contributed by atoms with Crippen molar-refractivity contribution in [2.24, 2.45) is 0 Å². The highest BCUT2D eigenvalue weighted by Gasteiger charge is 2.26. The molecular weight excluding hydrogens is 299 g/mol. The van der Waals surface area contributed by atoms with Crippen LogP contribution in [0.25, 0.3) is 0 Å². The van der Waals surface area contributed by atoms with E-state index in [4.69, 9.17) is 4.74 Å². The molecular formula is C13H13F5O3. The lowest BCUT2D eigenvalue weighted by molar-refractivity contribution is -0.137. The first-order chi connectivity index (χ1) is 9.83. The molecule has 0 aliphatic rings. The van der Waals surface area contributed by atoms with Crippen molar-refractivity contribution in [1.29, 1.82) is 0 Å². The lowest BCUT2D eigenvalue weighted by Crippen LogP contribution is -2.13. The molecule has 21 heavy (non-hydrogen) atoms. The van der Waals surface area contributed by atoms with Gasteiger partial charge in [-0.3, -0.25) is 0 Å². The Balaban J connectivity index is 2.60. The molecule has 0 heterocycles. The molecule has 0 aliphatic heterocycles. The molecule has 0 radical (unpaired) electrons. The van der Waals surface area contributed by atoms with Gasteiger partial charge in [-0.15, -0.1) is 0 Å². The van der Waals surface area contributed by atoms with Crippen molar-refractivity contribution in [2.45, 2.75) is 19.0 Å². The summed E-state index contributed by atoms with van der Waals surface area (Å²) in [6, 6.07) is 2.91. The number of halogens is 5. The van der Waals surface area contributed by atoms with Crippen LogP contribution in [0.3, 0.4) is 0 Å². The fourth-order valence-electron chi connectivity index (χ4n) is 1.45. The van der Waals surface area contributed by atoms with Crippen LogP contribution in [-0.4, -0.2) is 32.0 Å². The third-order valence-corrected chi connectivity index (χ3v) is 2.34. The maximum Gasteiger partial charge on any atom is 0.389 e. The lowest BCUT2D eigenvalue weighted by atomic mass is 10.2. The van der Waals surface area contributed by atoms with E-state index in [0.717, 1.165) is 18.2 Å². The van der Waals surface area contributed by atoms with Crippen molar-refractivity contribution < 1.29 is 36.2 Å². The number of benzene rings is 1. The Morgan fingerprint density at radius 3 is 2.52 bits per heavy atom. The highest BCUT2D eigenvalue weighted by molar-refractivity contribution is 5.92. The largest absolute Gasteiger partial charge is 0.490 e. The number of hydrogen-bond acceptors (Lipinski definition) is 3. The number of esters is 1. The average molecular weight is 312 g/mol. The van der Waals surface area contributed by atoms with Gasteiger partial charge in [-0.05, 0) is 18.6 Å². The summed E-state index contributed by atoms with van der Waals surface area (Å²) in [5.74, 6) is -1.86. The van der Waals surface area contributed by atoms with Crippen LogP contribution in [0.4, 0.5) is 22.0 Å². The summed E-state index contributed by atoms with van der Waals surface area (Å²) in [6.45, 7) is -1.65. The zero-order valence-corrected chi connectivity index (χ0v) is 10.9. The summed E-state index contributed by atoms with van der Waals surface area (Å²) in [4.78, 5) is 11.7. The standard InChI is InChI=1S/C13H13F5O3/c14-5-7-20-11-8-9(15)2-3-10(11)12(19)21-6-1-4-13(16,17)18/h2-3,8H,1,4-7H2. The average Bonchev–Trinajstić information content (AvgIpc) is 2.40. The van der Waals surface area contributed by atoms with E-state index in [9.17, 15) is 26.7 Å². The first-order valence-electron chi connectivity index (χ1n) is 6.05. The normalized spacial score (nSPS) is 11.3. The molecule has 0 amide bonds. The Morgan fingerprint density at radius 1 is 1.19 bits per heavy atom. The molecule has 1 aromatic carbocycles. The molecule has 0 saturated heterocycles. The van der Waals surface area contributed by atoms with Gasteiger partial charge in [0.1, 0.15) is 30.4 Å². The molecule has 1 rings (SSSR count). The van der Waals surface area contributed by atoms with E-state index in [0.29, 0.717) is 0 Å². The summed E-state index contributed by atoms with van der Waals surface area (Å²) in [5.41, 5.74) is -0.170. The zero-order chi connectivity index (χ0) is 15.9. The number of carbonyl (C=O) groups is 1. The van der Waals surface area contributed by atoms with E-state index in [1.165, 1.54) is 0 Å². The summed E-state index contributed by atoms with van der Waals surface area (Å²) in [5, 5.41) is 0. The van der Waals surface area contributed by atoms with Gasteiger partial charge in [0.15, 0.2) is 0 Å². The van der Waals surface area contributed by atoms with Gasteiger partial charge in [-0.1, -0.05) is 0 Å². The second-order valence-corrected chi connectivity index (χ2v) is 4.03. The minimum Gasteiger partial charge on any atom is -0.490 e. The molecule has 0 spiro atoms. The summed E-state index contributed by atoms with van der Waals surface area (Å²) < 4.78 is 70.3. The molecule has 0 aliphatic carbocycles. The van der Waals surface area contributed by atoms with E-state index in [2.05, 4.69) is 4.74 Å². The molecule has 0 bridgehead atoms. The second kappa shape index (κ2) is 7.80. The van der Waals surface area contributed by atoms with Gasteiger partial charge >= 0.3 is 12.1 Å². The van der Waals surface area contributed by atoms with Crippen LogP contribution in [0.15, 0.2) is 18.2 Å². The molecule has 8 heteroatoms. The van der Waals surface area contributed by atoms with Crippen LogP contribution in [0.5, 0.6) is 5.75 Å². The van der Waals surface area contributed by atoms with Crippen molar-refractivity contribution in [3.8, 4) is 5.75 Å². The maximum absolute atomic E-state index is 13.0. The zero-order valence-electron chi connectivity index (χ0n) is 10.9. The van der Waals surface area contributed by atoms with Gasteiger partial charge < -0.3 is 9.47 Å². The van der Waals surface area contributed by atoms with Gasteiger partial charge in [-0.2, -0.15) is 13.2 Å². The summed E-state index contributed by atoms with van der Waals surface area (Å²) in [6.07, 6.45) is -5.77. The van der Waals surface area contributed by atoms with E-state index >= 15 is 0 Å². The van der Waals surface area contributed by atoms with Crippen LogP contribution in [-0.2, 0) is 4.74 Å². The third kappa shape index (κ3) is 6.42. The van der Waals surface area contributed by atoms with E-state index in [-0.39, 0.29) is 24.3 Å². The number of carbonyl (C=O) groups excluding carboxylic acids is 1. The van der Waals surface area contributed by atoms with E-state index in [1.54, 1.807) is 0 Å². The van der Waals surface area contributed by atoms with Gasteiger partial charge in [0.05, 0.1) is 6.61 Å². The summed E-state index contributed by atoms with van der Waals surface area (Å²) >= 11 is 0. The lowest BCUT2D eigenvalue weighted by Gasteiger charge is -2.11. The fourth-order valence-corrected chi connectivity index (χ4v) is 1.45. The molecule has 118 valence electrons. The SMILES string of the molecule is O=C(OCCCC(F)(F)F)c1ccc(F)cc1OCCF. The Hall–Kier alpha value is -1.86. The predicted molar refractivity (Wildman–Crippen MR) is 63.4 cm³/mol. The second-order valence-electron chi connectivity index (χ2n) is 4.03. The van der Waals surface area contributed by atoms with Crippen molar-refractivity contribution in [3.63, 3.8) is 0 Å². The van der Waals surface area contributed by atoms with Crippen LogP contribution >= 0.6 is 0 Å². The summed E-state index contributed by atoms with van der Waals surface area (Å²) in [7, 11) is 0. The highest BCUT2D eigenvalue weighted by Crippen LogP contribution is 2.23. The Bertz CT molecular complexity index is 473. The van der Waals surface area contributed by atoms with Crippen LogP contribution in [0.2, 0.25) is 0 Å². The molecule has 0 unspecified atom stereocenters. The van der Waals surface area contributed by atoms with Crippen LogP contribution < -0.4 is 4.74 Å². The van der Waals surface area contributed by atoms with Crippen LogP contribution in [0.1, 0.15) is 23.2 Å². The molecule has 0 aromatic heterocycles. The number of alkyl halides is 4. The fraction of sp³-hybridized carbons (Fsp3) is 0.462. The topological polar surface area (TPSA) is 35.5 Å². The van der Waals surface area contributed by atoms with E-state index < -0.39 is 37.7 Å². The van der Waals surface area contributed by atoms with Crippen molar-refractivity contribution in [3.05, 3.63) is 29.6 Å². The monoisotopic (exact) mass is 312 g/mol. The molecule has 0 fully saturated rings. The molecule has 3 nitrogen and oxygen atoms in total. The minimum atomic E-state index is -4.32. The van der Waals surface area contributed by atoms with Crippen molar-refractivity contribution >= 4 is 5.97 Å². The van der Waals surface area contributed by atoms with E-state index in [1.807, 2.05) is 0 Å². The Labute approximate surface area is 117 Å². The first-order valence-corrected chi connectivity index (χ1v) is 6.05.